The Labute approximate surface area is 69.1 Å². The zero-order chi connectivity index (χ0) is 8.10. The number of halogens is 1. The highest BCUT2D eigenvalue weighted by Crippen LogP contribution is 2.01. The van der Waals surface area contributed by atoms with Crippen LogP contribution in [0.2, 0.25) is 5.15 Å². The maximum atomic E-state index is 8.35. The quantitative estimate of drug-likeness (QED) is 0.453. The lowest BCUT2D eigenvalue weighted by atomic mass is 10.4. The number of aliphatic hydroxyl groups is 1. The summed E-state index contributed by atoms with van der Waals surface area (Å²) in [6.45, 7) is -0.179. The van der Waals surface area contributed by atoms with Gasteiger partial charge in [-0.1, -0.05) is 17.5 Å². The molecule has 0 aliphatic heterocycles. The Morgan fingerprint density at radius 2 is 2.36 bits per heavy atom. The minimum atomic E-state index is -0.179. The van der Waals surface area contributed by atoms with Crippen molar-refractivity contribution in [3.05, 3.63) is 23.2 Å². The first-order valence-corrected chi connectivity index (χ1v) is 3.28. The molecule has 0 bridgehead atoms. The molecule has 0 unspecified atom stereocenters. The Balaban J connectivity index is 2.87. The van der Waals surface area contributed by atoms with Crippen molar-refractivity contribution in [2.45, 2.75) is 0 Å². The molecular formula is C7H5ClN2O. The molecule has 0 spiro atoms. The molecule has 0 aliphatic carbocycles. The predicted molar refractivity (Wildman–Crippen MR) is 41.0 cm³/mol. The summed E-state index contributed by atoms with van der Waals surface area (Å²) < 4.78 is 0. The van der Waals surface area contributed by atoms with Crippen LogP contribution in [0.1, 0.15) is 5.69 Å². The number of aliphatic hydroxyl groups excluding tert-OH is 1. The van der Waals surface area contributed by atoms with E-state index in [-0.39, 0.29) is 6.61 Å². The Morgan fingerprint density at radius 1 is 1.55 bits per heavy atom. The second kappa shape index (κ2) is 3.91. The second-order valence-corrected chi connectivity index (χ2v) is 2.07. The first kappa shape index (κ1) is 7.99. The molecule has 1 N–H and O–H groups in total. The fourth-order valence-electron chi connectivity index (χ4n) is 0.532. The standard InChI is InChI=1S/C7H5ClN2O/c8-7-4-6(2-1-3-11)9-5-10-7/h4-5,11H,3H2. The van der Waals surface area contributed by atoms with Crippen LogP contribution >= 0.6 is 11.6 Å². The number of hydrogen-bond acceptors (Lipinski definition) is 3. The van der Waals surface area contributed by atoms with E-state index in [1.54, 1.807) is 0 Å². The molecule has 0 fully saturated rings. The first-order chi connectivity index (χ1) is 5.33. The third kappa shape index (κ3) is 2.54. The van der Waals surface area contributed by atoms with E-state index in [1.807, 2.05) is 0 Å². The molecule has 0 radical (unpaired) electrons. The fourth-order valence-corrected chi connectivity index (χ4v) is 0.679. The summed E-state index contributed by atoms with van der Waals surface area (Å²) in [5.41, 5.74) is 0.513. The molecule has 11 heavy (non-hydrogen) atoms. The smallest absolute Gasteiger partial charge is 0.133 e. The van der Waals surface area contributed by atoms with E-state index in [0.717, 1.165) is 0 Å². The first-order valence-electron chi connectivity index (χ1n) is 2.90. The molecule has 3 nitrogen and oxygen atoms in total. The Bertz CT molecular complexity index is 303. The Morgan fingerprint density at radius 3 is 3.00 bits per heavy atom. The molecule has 1 aromatic rings. The van der Waals surface area contributed by atoms with E-state index in [0.29, 0.717) is 10.8 Å². The highest BCUT2D eigenvalue weighted by Gasteiger charge is 1.89. The van der Waals surface area contributed by atoms with Gasteiger partial charge in [0.2, 0.25) is 0 Å². The summed E-state index contributed by atoms with van der Waals surface area (Å²) in [4.78, 5) is 7.47. The highest BCUT2D eigenvalue weighted by molar-refractivity contribution is 6.29. The zero-order valence-electron chi connectivity index (χ0n) is 5.58. The number of nitrogens with zero attached hydrogens (tertiary/aromatic N) is 2. The average molecular weight is 169 g/mol. The molecule has 0 amide bonds. The molecule has 1 heterocycles. The molecular weight excluding hydrogens is 164 g/mol. The van der Waals surface area contributed by atoms with Gasteiger partial charge in [0.15, 0.2) is 0 Å². The van der Waals surface area contributed by atoms with Crippen molar-refractivity contribution < 1.29 is 5.11 Å². The van der Waals surface area contributed by atoms with Gasteiger partial charge in [0, 0.05) is 6.07 Å². The third-order valence-electron chi connectivity index (χ3n) is 0.929. The average Bonchev–Trinajstić information content (AvgIpc) is 2.01. The van der Waals surface area contributed by atoms with Crippen molar-refractivity contribution in [2.24, 2.45) is 0 Å². The van der Waals surface area contributed by atoms with Gasteiger partial charge in [0.05, 0.1) is 0 Å². The van der Waals surface area contributed by atoms with Gasteiger partial charge >= 0.3 is 0 Å². The van der Waals surface area contributed by atoms with E-state index in [1.165, 1.54) is 12.4 Å². The van der Waals surface area contributed by atoms with Crippen molar-refractivity contribution in [3.63, 3.8) is 0 Å². The van der Waals surface area contributed by atoms with Gasteiger partial charge in [-0.3, -0.25) is 0 Å². The highest BCUT2D eigenvalue weighted by atomic mass is 35.5. The van der Waals surface area contributed by atoms with Crippen LogP contribution in [-0.2, 0) is 0 Å². The molecule has 0 aromatic carbocycles. The van der Waals surface area contributed by atoms with Crippen LogP contribution in [0.25, 0.3) is 0 Å². The SMILES string of the molecule is OCC#Cc1cc(Cl)ncn1. The fraction of sp³-hybridized carbons (Fsp3) is 0.143. The van der Waals surface area contributed by atoms with Gasteiger partial charge in [-0.15, -0.1) is 0 Å². The van der Waals surface area contributed by atoms with E-state index < -0.39 is 0 Å². The van der Waals surface area contributed by atoms with E-state index in [4.69, 9.17) is 16.7 Å². The van der Waals surface area contributed by atoms with Crippen molar-refractivity contribution >= 4 is 11.6 Å². The van der Waals surface area contributed by atoms with Gasteiger partial charge in [0.25, 0.3) is 0 Å². The van der Waals surface area contributed by atoms with Crippen LogP contribution in [0, 0.1) is 11.8 Å². The molecule has 1 aromatic heterocycles. The van der Waals surface area contributed by atoms with Crippen molar-refractivity contribution in [1.82, 2.24) is 9.97 Å². The van der Waals surface area contributed by atoms with Crippen LogP contribution < -0.4 is 0 Å². The van der Waals surface area contributed by atoms with Crippen LogP contribution in [0.3, 0.4) is 0 Å². The molecule has 1 rings (SSSR count). The minimum absolute atomic E-state index is 0.179. The number of aromatic nitrogens is 2. The number of hydrogen-bond donors (Lipinski definition) is 1. The van der Waals surface area contributed by atoms with Gasteiger partial charge in [-0.2, -0.15) is 0 Å². The minimum Gasteiger partial charge on any atom is -0.384 e. The summed E-state index contributed by atoms with van der Waals surface area (Å²) >= 11 is 5.54. The second-order valence-electron chi connectivity index (χ2n) is 1.69. The van der Waals surface area contributed by atoms with Gasteiger partial charge < -0.3 is 5.11 Å². The van der Waals surface area contributed by atoms with Crippen LogP contribution in [0.5, 0.6) is 0 Å². The van der Waals surface area contributed by atoms with Gasteiger partial charge in [0.1, 0.15) is 23.8 Å². The lowest BCUT2D eigenvalue weighted by Gasteiger charge is -1.87. The zero-order valence-corrected chi connectivity index (χ0v) is 6.34. The number of rotatable bonds is 0. The van der Waals surface area contributed by atoms with E-state index in [2.05, 4.69) is 21.8 Å². The lowest BCUT2D eigenvalue weighted by molar-refractivity contribution is 0.350. The van der Waals surface area contributed by atoms with Crippen LogP contribution in [-0.4, -0.2) is 21.7 Å². The maximum absolute atomic E-state index is 8.35. The summed E-state index contributed by atoms with van der Waals surface area (Å²) in [5.74, 6) is 5.05. The predicted octanol–water partition coefficient (Wildman–Crippen LogP) is 0.474. The van der Waals surface area contributed by atoms with Crippen molar-refractivity contribution in [2.75, 3.05) is 6.61 Å². The summed E-state index contributed by atoms with van der Waals surface area (Å²) in [7, 11) is 0. The third-order valence-corrected chi connectivity index (χ3v) is 1.14. The molecule has 56 valence electrons. The summed E-state index contributed by atoms with van der Waals surface area (Å²) in [6.07, 6.45) is 1.32. The normalized spacial score (nSPS) is 8.55. The van der Waals surface area contributed by atoms with Crippen LogP contribution in [0.15, 0.2) is 12.4 Å². The van der Waals surface area contributed by atoms with Gasteiger partial charge in [-0.05, 0) is 5.92 Å². The topological polar surface area (TPSA) is 46.0 Å². The van der Waals surface area contributed by atoms with Crippen molar-refractivity contribution in [3.8, 4) is 11.8 Å². The molecule has 0 saturated carbocycles. The maximum Gasteiger partial charge on any atom is 0.133 e. The Hall–Kier alpha value is -1.11. The summed E-state index contributed by atoms with van der Waals surface area (Å²) in [5, 5.41) is 8.70. The molecule has 0 saturated heterocycles. The summed E-state index contributed by atoms with van der Waals surface area (Å²) in [6, 6.07) is 1.53. The Kier molecular flexibility index (Phi) is 2.84. The van der Waals surface area contributed by atoms with Crippen molar-refractivity contribution in [1.29, 1.82) is 0 Å². The largest absolute Gasteiger partial charge is 0.384 e. The monoisotopic (exact) mass is 168 g/mol. The molecule has 0 aliphatic rings. The van der Waals surface area contributed by atoms with E-state index in [9.17, 15) is 0 Å². The van der Waals surface area contributed by atoms with Crippen LogP contribution in [0.4, 0.5) is 0 Å². The van der Waals surface area contributed by atoms with Gasteiger partial charge in [-0.25, -0.2) is 9.97 Å². The van der Waals surface area contributed by atoms with E-state index >= 15 is 0 Å². The molecule has 0 atom stereocenters. The molecule has 4 heteroatoms. The lowest BCUT2D eigenvalue weighted by Crippen LogP contribution is -1.84.